The highest BCUT2D eigenvalue weighted by Crippen LogP contribution is 2.32. The van der Waals surface area contributed by atoms with Crippen molar-refractivity contribution in [2.75, 3.05) is 32.1 Å². The van der Waals surface area contributed by atoms with Crippen LogP contribution in [0, 0.1) is 0 Å². The Labute approximate surface area is 120 Å². The van der Waals surface area contributed by atoms with Gasteiger partial charge >= 0.3 is 0 Å². The van der Waals surface area contributed by atoms with E-state index in [1.165, 1.54) is 15.7 Å². The van der Waals surface area contributed by atoms with Crippen molar-refractivity contribution in [2.45, 2.75) is 45.3 Å². The largest absolute Gasteiger partial charge is 0.381 e. The van der Waals surface area contributed by atoms with Crippen molar-refractivity contribution in [1.82, 2.24) is 10.3 Å². The van der Waals surface area contributed by atoms with Crippen molar-refractivity contribution in [2.24, 2.45) is 0 Å². The highest BCUT2D eigenvalue weighted by molar-refractivity contribution is 7.15. The number of ether oxygens (including phenoxy) is 1. The molecule has 0 unspecified atom stereocenters. The molecule has 1 fully saturated rings. The zero-order valence-corrected chi connectivity index (χ0v) is 13.2. The van der Waals surface area contributed by atoms with E-state index in [1.54, 1.807) is 0 Å². The number of thiazole rings is 1. The van der Waals surface area contributed by atoms with Gasteiger partial charge in [0.15, 0.2) is 5.13 Å². The van der Waals surface area contributed by atoms with E-state index in [0.29, 0.717) is 12.0 Å². The fraction of sp³-hybridized carbons (Fsp3) is 0.786. The van der Waals surface area contributed by atoms with Crippen molar-refractivity contribution in [3.63, 3.8) is 0 Å². The molecule has 108 valence electrons. The Morgan fingerprint density at radius 2 is 2.11 bits per heavy atom. The minimum Gasteiger partial charge on any atom is -0.381 e. The summed E-state index contributed by atoms with van der Waals surface area (Å²) in [7, 11) is 3.80. The number of aromatic nitrogens is 1. The molecule has 0 saturated carbocycles. The van der Waals surface area contributed by atoms with Gasteiger partial charge in [-0.2, -0.15) is 0 Å². The molecule has 0 radical (unpaired) electrons. The number of hydrogen-bond donors (Lipinski definition) is 1. The molecule has 0 aliphatic carbocycles. The molecule has 4 nitrogen and oxygen atoms in total. The molecule has 5 heteroatoms. The van der Waals surface area contributed by atoms with Gasteiger partial charge in [-0.15, -0.1) is 11.3 Å². The number of nitrogens with zero attached hydrogens (tertiary/aromatic N) is 2. The second-order valence-electron chi connectivity index (χ2n) is 5.41. The summed E-state index contributed by atoms with van der Waals surface area (Å²) in [5, 5.41) is 4.43. The molecule has 2 rings (SSSR count). The van der Waals surface area contributed by atoms with E-state index in [2.05, 4.69) is 24.1 Å². The lowest BCUT2D eigenvalue weighted by Gasteiger charge is -2.30. The normalized spacial score (nSPS) is 17.4. The molecule has 1 aliphatic heterocycles. The van der Waals surface area contributed by atoms with Crippen molar-refractivity contribution in [3.05, 3.63) is 10.6 Å². The van der Waals surface area contributed by atoms with E-state index in [0.717, 1.165) is 32.5 Å². The zero-order chi connectivity index (χ0) is 13.8. The number of anilines is 1. The van der Waals surface area contributed by atoms with Gasteiger partial charge < -0.3 is 15.0 Å². The van der Waals surface area contributed by atoms with Gasteiger partial charge in [0.05, 0.1) is 11.8 Å². The Kier molecular flexibility index (Phi) is 5.19. The quantitative estimate of drug-likeness (QED) is 0.901. The summed E-state index contributed by atoms with van der Waals surface area (Å²) in [5.74, 6) is 0.491. The lowest BCUT2D eigenvalue weighted by atomic mass is 10.1. The van der Waals surface area contributed by atoms with Crippen LogP contribution in [0.25, 0.3) is 0 Å². The maximum Gasteiger partial charge on any atom is 0.185 e. The second kappa shape index (κ2) is 6.68. The van der Waals surface area contributed by atoms with Gasteiger partial charge in [-0.1, -0.05) is 13.8 Å². The van der Waals surface area contributed by atoms with Crippen LogP contribution in [0.5, 0.6) is 0 Å². The van der Waals surface area contributed by atoms with Crippen LogP contribution in [0.1, 0.15) is 43.2 Å². The van der Waals surface area contributed by atoms with Gasteiger partial charge in [-0.05, 0) is 25.8 Å². The average Bonchev–Trinajstić information content (AvgIpc) is 2.83. The Morgan fingerprint density at radius 3 is 2.63 bits per heavy atom. The van der Waals surface area contributed by atoms with Crippen molar-refractivity contribution in [3.8, 4) is 0 Å². The van der Waals surface area contributed by atoms with Gasteiger partial charge in [0.1, 0.15) is 0 Å². The SMILES string of the molecule is CNCc1sc(N2CCC(OC)CC2)nc1C(C)C. The van der Waals surface area contributed by atoms with E-state index in [1.807, 2.05) is 25.5 Å². The van der Waals surface area contributed by atoms with Crippen LogP contribution in [-0.2, 0) is 11.3 Å². The molecule has 1 N–H and O–H groups in total. The van der Waals surface area contributed by atoms with Crippen LogP contribution < -0.4 is 10.2 Å². The molecule has 1 aliphatic rings. The van der Waals surface area contributed by atoms with E-state index < -0.39 is 0 Å². The third kappa shape index (κ3) is 3.46. The number of rotatable bonds is 5. The fourth-order valence-electron chi connectivity index (χ4n) is 2.51. The summed E-state index contributed by atoms with van der Waals surface area (Å²) in [5.41, 5.74) is 1.25. The number of hydrogen-bond acceptors (Lipinski definition) is 5. The van der Waals surface area contributed by atoms with E-state index in [4.69, 9.17) is 9.72 Å². The first kappa shape index (κ1) is 14.8. The maximum atomic E-state index is 5.43. The zero-order valence-electron chi connectivity index (χ0n) is 12.4. The van der Waals surface area contributed by atoms with Crippen molar-refractivity contribution in [1.29, 1.82) is 0 Å². The lowest BCUT2D eigenvalue weighted by Crippen LogP contribution is -2.36. The predicted molar refractivity (Wildman–Crippen MR) is 81.2 cm³/mol. The maximum absolute atomic E-state index is 5.43. The number of methoxy groups -OCH3 is 1. The van der Waals surface area contributed by atoms with Gasteiger partial charge in [-0.25, -0.2) is 4.98 Å². The molecular weight excluding hydrogens is 258 g/mol. The monoisotopic (exact) mass is 283 g/mol. The Bertz CT molecular complexity index is 397. The molecule has 0 amide bonds. The average molecular weight is 283 g/mol. The van der Waals surface area contributed by atoms with Crippen molar-refractivity contribution < 1.29 is 4.74 Å². The molecule has 1 saturated heterocycles. The van der Waals surface area contributed by atoms with Crippen LogP contribution in [0.15, 0.2) is 0 Å². The number of nitrogens with one attached hydrogen (secondary N) is 1. The molecule has 19 heavy (non-hydrogen) atoms. The molecule has 1 aromatic heterocycles. The first-order chi connectivity index (χ1) is 9.15. The van der Waals surface area contributed by atoms with Gasteiger partial charge in [-0.3, -0.25) is 0 Å². The summed E-state index contributed by atoms with van der Waals surface area (Å²) in [4.78, 5) is 8.65. The minimum atomic E-state index is 0.428. The number of piperidine rings is 1. The summed E-state index contributed by atoms with van der Waals surface area (Å²) in [6.45, 7) is 7.47. The van der Waals surface area contributed by atoms with E-state index in [9.17, 15) is 0 Å². The van der Waals surface area contributed by atoms with Crippen LogP contribution in [0.3, 0.4) is 0 Å². The molecule has 0 aromatic carbocycles. The topological polar surface area (TPSA) is 37.4 Å². The highest BCUT2D eigenvalue weighted by Gasteiger charge is 2.23. The highest BCUT2D eigenvalue weighted by atomic mass is 32.1. The first-order valence-electron chi connectivity index (χ1n) is 7.07. The van der Waals surface area contributed by atoms with E-state index >= 15 is 0 Å². The molecule has 2 heterocycles. The smallest absolute Gasteiger partial charge is 0.185 e. The fourth-order valence-corrected chi connectivity index (χ4v) is 3.79. The summed E-state index contributed by atoms with van der Waals surface area (Å²) < 4.78 is 5.43. The van der Waals surface area contributed by atoms with Crippen LogP contribution in [0.4, 0.5) is 5.13 Å². The first-order valence-corrected chi connectivity index (χ1v) is 7.89. The van der Waals surface area contributed by atoms with Crippen LogP contribution in [-0.4, -0.2) is 38.3 Å². The van der Waals surface area contributed by atoms with E-state index in [-0.39, 0.29) is 0 Å². The molecule has 0 atom stereocenters. The summed E-state index contributed by atoms with van der Waals surface area (Å²) >= 11 is 1.84. The summed E-state index contributed by atoms with van der Waals surface area (Å²) in [6, 6.07) is 0. The Balaban J connectivity index is 2.10. The summed E-state index contributed by atoms with van der Waals surface area (Å²) in [6.07, 6.45) is 2.64. The second-order valence-corrected chi connectivity index (χ2v) is 6.47. The van der Waals surface area contributed by atoms with Crippen LogP contribution in [0.2, 0.25) is 0 Å². The third-order valence-corrected chi connectivity index (χ3v) is 4.78. The van der Waals surface area contributed by atoms with Gasteiger partial charge in [0.2, 0.25) is 0 Å². The van der Waals surface area contributed by atoms with Crippen LogP contribution >= 0.6 is 11.3 Å². The van der Waals surface area contributed by atoms with Gasteiger partial charge in [0.25, 0.3) is 0 Å². The van der Waals surface area contributed by atoms with Gasteiger partial charge in [0, 0.05) is 31.6 Å². The predicted octanol–water partition coefficient (Wildman–Crippen LogP) is 2.60. The molecule has 1 aromatic rings. The Hall–Kier alpha value is -0.650. The Morgan fingerprint density at radius 1 is 1.42 bits per heavy atom. The van der Waals surface area contributed by atoms with Crippen molar-refractivity contribution >= 4 is 16.5 Å². The molecule has 0 bridgehead atoms. The molecule has 0 spiro atoms. The minimum absolute atomic E-state index is 0.428. The lowest BCUT2D eigenvalue weighted by molar-refractivity contribution is 0.0819. The standard InChI is InChI=1S/C14H25N3OS/c1-10(2)13-12(9-15-3)19-14(16-13)17-7-5-11(18-4)6-8-17/h10-11,15H,5-9H2,1-4H3. The third-order valence-electron chi connectivity index (χ3n) is 3.65. The molecular formula is C14H25N3OS.